The Kier molecular flexibility index (Phi) is 7.17. The van der Waals surface area contributed by atoms with Crippen LogP contribution in [-0.4, -0.2) is 68.6 Å². The van der Waals surface area contributed by atoms with Crippen LogP contribution in [0.3, 0.4) is 0 Å². The predicted octanol–water partition coefficient (Wildman–Crippen LogP) is 2.61. The molecule has 2 aromatic rings. The summed E-state index contributed by atoms with van der Waals surface area (Å²) in [5.41, 5.74) is 0.917. The van der Waals surface area contributed by atoms with Crippen LogP contribution < -0.4 is 0 Å². The first-order valence-corrected chi connectivity index (χ1v) is 9.78. The van der Waals surface area contributed by atoms with Crippen molar-refractivity contribution in [3.63, 3.8) is 0 Å². The first kappa shape index (κ1) is 19.8. The molecule has 0 spiro atoms. The van der Waals surface area contributed by atoms with Gasteiger partial charge in [0, 0.05) is 33.7 Å². The molecule has 8 heteroatoms. The summed E-state index contributed by atoms with van der Waals surface area (Å²) < 4.78 is 15.9. The molecule has 0 saturated heterocycles. The Morgan fingerprint density at radius 3 is 2.67 bits per heavy atom. The number of hydrogen-bond acceptors (Lipinski definition) is 7. The molecule has 0 fully saturated rings. The second kappa shape index (κ2) is 9.80. The largest absolute Gasteiger partial charge is 0.467 e. The van der Waals surface area contributed by atoms with Crippen LogP contribution in [-0.2, 0) is 14.3 Å². The van der Waals surface area contributed by atoms with Crippen LogP contribution in [0.25, 0.3) is 0 Å². The third kappa shape index (κ3) is 5.04. The predicted molar refractivity (Wildman–Crippen MR) is 104 cm³/mol. The molecule has 1 unspecified atom stereocenters. The molecule has 0 bridgehead atoms. The van der Waals surface area contributed by atoms with Crippen LogP contribution in [0.1, 0.15) is 23.1 Å². The van der Waals surface area contributed by atoms with E-state index in [9.17, 15) is 4.79 Å². The van der Waals surface area contributed by atoms with Crippen molar-refractivity contribution in [2.75, 3.05) is 47.1 Å². The highest BCUT2D eigenvalue weighted by Crippen LogP contribution is 2.34. The Hall–Kier alpha value is -2.00. The molecule has 0 saturated carbocycles. The minimum absolute atomic E-state index is 0.0600. The number of hydrogen-bond donors (Lipinski definition) is 0. The van der Waals surface area contributed by atoms with E-state index in [2.05, 4.69) is 5.10 Å². The number of ether oxygens (including phenoxy) is 2. The summed E-state index contributed by atoms with van der Waals surface area (Å²) in [5, 5.41) is 8.23. The maximum absolute atomic E-state index is 13.1. The standard InChI is InChI=1S/C19H25N3O4S/c1-24-10-7-21(8-11-25-2)14-19(23)22-16(17-5-3-9-26-17)13-15(20-22)18-6-4-12-27-18/h3-6,9,12,16H,7-8,10-11,13-14H2,1-2H3. The molecule has 1 atom stereocenters. The Labute approximate surface area is 163 Å². The number of carbonyl (C=O) groups is 1. The van der Waals surface area contributed by atoms with E-state index < -0.39 is 0 Å². The van der Waals surface area contributed by atoms with Crippen molar-refractivity contribution in [3.8, 4) is 0 Å². The summed E-state index contributed by atoms with van der Waals surface area (Å²) in [6.07, 6.45) is 2.28. The lowest BCUT2D eigenvalue weighted by Gasteiger charge is -2.25. The number of amides is 1. The fraction of sp³-hybridized carbons (Fsp3) is 0.474. The van der Waals surface area contributed by atoms with Crippen molar-refractivity contribution in [3.05, 3.63) is 46.5 Å². The van der Waals surface area contributed by atoms with Gasteiger partial charge in [-0.3, -0.25) is 9.69 Å². The molecule has 1 aliphatic heterocycles. The average Bonchev–Trinajstić information content (AvgIpc) is 3.42. The maximum Gasteiger partial charge on any atom is 0.257 e. The summed E-state index contributed by atoms with van der Waals surface area (Å²) in [6, 6.07) is 7.54. The molecule has 27 heavy (non-hydrogen) atoms. The SMILES string of the molecule is COCCN(CCOC)CC(=O)N1N=C(c2cccs2)CC1c1ccco1. The molecule has 3 rings (SSSR count). The third-order valence-corrected chi connectivity index (χ3v) is 5.34. The van der Waals surface area contributed by atoms with Gasteiger partial charge in [-0.25, -0.2) is 5.01 Å². The summed E-state index contributed by atoms with van der Waals surface area (Å²) >= 11 is 1.63. The van der Waals surface area contributed by atoms with E-state index in [1.165, 1.54) is 0 Å². The maximum atomic E-state index is 13.1. The van der Waals surface area contributed by atoms with Crippen molar-refractivity contribution >= 4 is 23.0 Å². The minimum atomic E-state index is -0.212. The van der Waals surface area contributed by atoms with E-state index in [1.54, 1.807) is 36.8 Å². The van der Waals surface area contributed by atoms with Crippen LogP contribution in [0.4, 0.5) is 0 Å². The Morgan fingerprint density at radius 2 is 2.07 bits per heavy atom. The van der Waals surface area contributed by atoms with E-state index in [-0.39, 0.29) is 18.5 Å². The van der Waals surface area contributed by atoms with Crippen LogP contribution >= 0.6 is 11.3 Å². The second-order valence-electron chi connectivity index (χ2n) is 6.26. The van der Waals surface area contributed by atoms with E-state index in [0.29, 0.717) is 32.7 Å². The minimum Gasteiger partial charge on any atom is -0.467 e. The first-order valence-electron chi connectivity index (χ1n) is 8.90. The highest BCUT2D eigenvalue weighted by Gasteiger charge is 2.35. The van der Waals surface area contributed by atoms with Crippen molar-refractivity contribution in [1.29, 1.82) is 0 Å². The third-order valence-electron chi connectivity index (χ3n) is 4.43. The molecule has 0 aromatic carbocycles. The number of thiophene rings is 1. The average molecular weight is 391 g/mol. The fourth-order valence-electron chi connectivity index (χ4n) is 3.01. The second-order valence-corrected chi connectivity index (χ2v) is 7.21. The molecule has 0 N–H and O–H groups in total. The van der Waals surface area contributed by atoms with E-state index >= 15 is 0 Å². The number of nitrogens with zero attached hydrogens (tertiary/aromatic N) is 3. The topological polar surface area (TPSA) is 67.5 Å². The zero-order chi connectivity index (χ0) is 19.1. The van der Waals surface area contributed by atoms with Crippen molar-refractivity contribution < 1.29 is 18.7 Å². The summed E-state index contributed by atoms with van der Waals surface area (Å²) in [4.78, 5) is 16.2. The van der Waals surface area contributed by atoms with Gasteiger partial charge in [0.1, 0.15) is 11.8 Å². The van der Waals surface area contributed by atoms with Gasteiger partial charge in [0.05, 0.1) is 36.6 Å². The lowest BCUT2D eigenvalue weighted by molar-refractivity contribution is -0.134. The van der Waals surface area contributed by atoms with Crippen LogP contribution in [0.2, 0.25) is 0 Å². The van der Waals surface area contributed by atoms with E-state index in [4.69, 9.17) is 13.9 Å². The summed E-state index contributed by atoms with van der Waals surface area (Å²) in [7, 11) is 3.31. The monoisotopic (exact) mass is 391 g/mol. The molecule has 1 amide bonds. The lowest BCUT2D eigenvalue weighted by atomic mass is 10.1. The van der Waals surface area contributed by atoms with Crippen molar-refractivity contribution in [1.82, 2.24) is 9.91 Å². The molecule has 3 heterocycles. The molecule has 0 aliphatic carbocycles. The quantitative estimate of drug-likeness (QED) is 0.623. The van der Waals surface area contributed by atoms with Crippen LogP contribution in [0.15, 0.2) is 45.4 Å². The summed E-state index contributed by atoms with van der Waals surface area (Å²) in [5.74, 6) is 0.689. The zero-order valence-corrected chi connectivity index (χ0v) is 16.5. The van der Waals surface area contributed by atoms with Gasteiger partial charge in [-0.15, -0.1) is 11.3 Å². The molecule has 0 radical (unpaired) electrons. The molecular formula is C19H25N3O4S. The lowest BCUT2D eigenvalue weighted by Crippen LogP contribution is -2.41. The van der Waals surface area contributed by atoms with Gasteiger partial charge in [0.2, 0.25) is 0 Å². The Bertz CT molecular complexity index is 722. The molecule has 146 valence electrons. The Morgan fingerprint density at radius 1 is 1.30 bits per heavy atom. The number of rotatable bonds is 10. The van der Waals surface area contributed by atoms with Gasteiger partial charge in [0.25, 0.3) is 5.91 Å². The van der Waals surface area contributed by atoms with Crippen LogP contribution in [0, 0.1) is 0 Å². The smallest absolute Gasteiger partial charge is 0.257 e. The zero-order valence-electron chi connectivity index (χ0n) is 15.7. The molecule has 2 aromatic heterocycles. The number of hydrazone groups is 1. The van der Waals surface area contributed by atoms with Gasteiger partial charge in [-0.1, -0.05) is 6.07 Å². The van der Waals surface area contributed by atoms with Gasteiger partial charge in [0.15, 0.2) is 0 Å². The van der Waals surface area contributed by atoms with E-state index in [0.717, 1.165) is 16.3 Å². The molecule has 7 nitrogen and oxygen atoms in total. The van der Waals surface area contributed by atoms with Gasteiger partial charge < -0.3 is 13.9 Å². The first-order chi connectivity index (χ1) is 13.2. The highest BCUT2D eigenvalue weighted by atomic mass is 32.1. The number of furan rings is 1. The highest BCUT2D eigenvalue weighted by molar-refractivity contribution is 7.12. The normalized spacial score (nSPS) is 16.9. The van der Waals surface area contributed by atoms with E-state index in [1.807, 2.05) is 34.5 Å². The summed E-state index contributed by atoms with van der Waals surface area (Å²) in [6.45, 7) is 2.69. The molecule has 1 aliphatic rings. The van der Waals surface area contributed by atoms with Gasteiger partial charge >= 0.3 is 0 Å². The fourth-order valence-corrected chi connectivity index (χ4v) is 3.73. The molecular weight excluding hydrogens is 366 g/mol. The Balaban J connectivity index is 1.75. The van der Waals surface area contributed by atoms with Gasteiger partial charge in [-0.05, 0) is 23.6 Å². The van der Waals surface area contributed by atoms with Gasteiger partial charge in [-0.2, -0.15) is 5.10 Å². The van der Waals surface area contributed by atoms with Crippen LogP contribution in [0.5, 0.6) is 0 Å². The number of carbonyl (C=O) groups excluding carboxylic acids is 1. The van der Waals surface area contributed by atoms with Crippen molar-refractivity contribution in [2.24, 2.45) is 5.10 Å². The van der Waals surface area contributed by atoms with Crippen molar-refractivity contribution in [2.45, 2.75) is 12.5 Å². The number of methoxy groups -OCH3 is 2.